The second-order valence-corrected chi connectivity index (χ2v) is 7.01. The van der Waals surface area contributed by atoms with Crippen LogP contribution in [-0.2, 0) is 24.8 Å². The Labute approximate surface area is 166 Å². The molecule has 28 heavy (non-hydrogen) atoms. The summed E-state index contributed by atoms with van der Waals surface area (Å²) in [5.74, 6) is -0.0865. The molecule has 0 bridgehead atoms. The Morgan fingerprint density at radius 1 is 1.21 bits per heavy atom. The largest absolute Gasteiger partial charge is 0.465 e. The molecule has 1 aromatic heterocycles. The summed E-state index contributed by atoms with van der Waals surface area (Å²) in [7, 11) is 1.28. The Balaban J connectivity index is 1.79. The van der Waals surface area contributed by atoms with Crippen molar-refractivity contribution in [3.8, 4) is 0 Å². The van der Waals surface area contributed by atoms with Gasteiger partial charge in [-0.25, -0.2) is 4.79 Å². The smallest absolute Gasteiger partial charge is 0.337 e. The second-order valence-electron chi connectivity index (χ2n) is 6.03. The number of anilines is 1. The van der Waals surface area contributed by atoms with Crippen LogP contribution in [0, 0.1) is 20.8 Å². The van der Waals surface area contributed by atoms with E-state index in [0.717, 1.165) is 22.6 Å². The van der Waals surface area contributed by atoms with Gasteiger partial charge >= 0.3 is 11.9 Å². The lowest BCUT2D eigenvalue weighted by molar-refractivity contribution is -0.144. The summed E-state index contributed by atoms with van der Waals surface area (Å²) in [4.78, 5) is 35.5. The summed E-state index contributed by atoms with van der Waals surface area (Å²) in [5.41, 5.74) is 3.29. The maximum Gasteiger partial charge on any atom is 0.337 e. The van der Waals surface area contributed by atoms with Crippen LogP contribution in [0.3, 0.4) is 0 Å². The summed E-state index contributed by atoms with van der Waals surface area (Å²) < 4.78 is 14.7. The molecule has 0 radical (unpaired) electrons. The van der Waals surface area contributed by atoms with Gasteiger partial charge < -0.3 is 19.3 Å². The van der Waals surface area contributed by atoms with Crippen LogP contribution in [0.2, 0.25) is 0 Å². The number of carbonyl (C=O) groups excluding carboxylic acids is 3. The van der Waals surface area contributed by atoms with Crippen molar-refractivity contribution in [3.63, 3.8) is 0 Å². The highest BCUT2D eigenvalue weighted by molar-refractivity contribution is 7.99. The minimum absolute atomic E-state index is 0.105. The number of esters is 2. The Kier molecular flexibility index (Phi) is 7.62. The van der Waals surface area contributed by atoms with Crippen LogP contribution in [0.5, 0.6) is 0 Å². The van der Waals surface area contributed by atoms with Gasteiger partial charge in [-0.15, -0.1) is 11.8 Å². The molecule has 0 unspecified atom stereocenters. The molecule has 0 aliphatic heterocycles. The normalized spacial score (nSPS) is 10.4. The molecule has 8 nitrogen and oxygen atoms in total. The van der Waals surface area contributed by atoms with Crippen molar-refractivity contribution in [1.82, 2.24) is 5.16 Å². The first-order valence-corrected chi connectivity index (χ1v) is 9.61. The van der Waals surface area contributed by atoms with Gasteiger partial charge in [0.05, 0.1) is 24.1 Å². The number of aryl methyl sites for hydroxylation is 3. The number of aromatic nitrogens is 1. The second kappa shape index (κ2) is 9.93. The van der Waals surface area contributed by atoms with Gasteiger partial charge in [0.25, 0.3) is 5.91 Å². The third-order valence-corrected chi connectivity index (χ3v) is 4.88. The van der Waals surface area contributed by atoms with Gasteiger partial charge in [0.1, 0.15) is 5.76 Å². The molecule has 1 heterocycles. The fourth-order valence-corrected chi connectivity index (χ4v) is 3.29. The zero-order valence-electron chi connectivity index (χ0n) is 16.2. The molecule has 0 aliphatic carbocycles. The molecule has 1 amide bonds. The van der Waals surface area contributed by atoms with Crippen LogP contribution in [-0.4, -0.2) is 42.5 Å². The van der Waals surface area contributed by atoms with E-state index in [4.69, 9.17) is 9.26 Å². The van der Waals surface area contributed by atoms with Gasteiger partial charge in [-0.3, -0.25) is 9.59 Å². The number of hydrogen-bond donors (Lipinski definition) is 1. The number of nitrogens with one attached hydrogen (secondary N) is 1. The molecule has 2 rings (SSSR count). The van der Waals surface area contributed by atoms with E-state index in [1.165, 1.54) is 24.9 Å². The monoisotopic (exact) mass is 406 g/mol. The van der Waals surface area contributed by atoms with E-state index in [1.54, 1.807) is 19.1 Å². The number of nitrogens with zero attached hydrogens (tertiary/aromatic N) is 1. The van der Waals surface area contributed by atoms with Crippen LogP contribution in [0.25, 0.3) is 0 Å². The molecule has 150 valence electrons. The maximum atomic E-state index is 12.0. The summed E-state index contributed by atoms with van der Waals surface area (Å²) in [6, 6.07) is 4.81. The highest BCUT2D eigenvalue weighted by atomic mass is 32.2. The van der Waals surface area contributed by atoms with Crippen molar-refractivity contribution in [1.29, 1.82) is 0 Å². The third-order valence-electron chi connectivity index (χ3n) is 3.94. The summed E-state index contributed by atoms with van der Waals surface area (Å²) in [6.07, 6.45) is 0. The number of hydrogen-bond acceptors (Lipinski definition) is 8. The van der Waals surface area contributed by atoms with E-state index >= 15 is 0 Å². The molecule has 9 heteroatoms. The standard InChI is InChI=1S/C19H22N2O6S/c1-11-5-6-14(19(24)25-4)7-16(11)20-17(22)8-26-18(23)10-28-9-15-12(2)21-27-13(15)3/h5-7H,8-10H2,1-4H3,(H,20,22). The zero-order chi connectivity index (χ0) is 20.7. The molecule has 2 aromatic rings. The Hall–Kier alpha value is -2.81. The first-order valence-electron chi connectivity index (χ1n) is 8.45. The quantitative estimate of drug-likeness (QED) is 0.667. The lowest BCUT2D eigenvalue weighted by atomic mass is 10.1. The lowest BCUT2D eigenvalue weighted by Crippen LogP contribution is -2.22. The van der Waals surface area contributed by atoms with Gasteiger partial charge in [-0.2, -0.15) is 0 Å². The van der Waals surface area contributed by atoms with Crippen molar-refractivity contribution in [2.45, 2.75) is 26.5 Å². The van der Waals surface area contributed by atoms with E-state index in [9.17, 15) is 14.4 Å². The number of rotatable bonds is 8. The molecule has 0 spiro atoms. The van der Waals surface area contributed by atoms with Gasteiger partial charge in [0.15, 0.2) is 6.61 Å². The topological polar surface area (TPSA) is 108 Å². The number of methoxy groups -OCH3 is 1. The number of benzene rings is 1. The van der Waals surface area contributed by atoms with E-state index in [-0.39, 0.29) is 5.75 Å². The molecule has 0 atom stereocenters. The van der Waals surface area contributed by atoms with Crippen molar-refractivity contribution >= 4 is 35.3 Å². The molecular formula is C19H22N2O6S. The molecule has 0 aliphatic rings. The van der Waals surface area contributed by atoms with E-state index in [2.05, 4.69) is 15.2 Å². The van der Waals surface area contributed by atoms with E-state index in [1.807, 2.05) is 13.8 Å². The average molecular weight is 406 g/mol. The minimum Gasteiger partial charge on any atom is -0.465 e. The van der Waals surface area contributed by atoms with Gasteiger partial charge in [-0.1, -0.05) is 11.2 Å². The van der Waals surface area contributed by atoms with Gasteiger partial charge in [0.2, 0.25) is 0 Å². The van der Waals surface area contributed by atoms with Gasteiger partial charge in [0, 0.05) is 17.0 Å². The predicted octanol–water partition coefficient (Wildman–Crippen LogP) is 2.80. The average Bonchev–Trinajstić information content (AvgIpc) is 2.99. The van der Waals surface area contributed by atoms with Crippen molar-refractivity contribution in [3.05, 3.63) is 46.3 Å². The van der Waals surface area contributed by atoms with Crippen LogP contribution in [0.1, 0.15) is 32.9 Å². The lowest BCUT2D eigenvalue weighted by Gasteiger charge is -2.10. The first-order chi connectivity index (χ1) is 13.3. The van der Waals surface area contributed by atoms with Crippen LogP contribution >= 0.6 is 11.8 Å². The van der Waals surface area contributed by atoms with Crippen molar-refractivity contribution < 1.29 is 28.4 Å². The maximum absolute atomic E-state index is 12.0. The summed E-state index contributed by atoms with van der Waals surface area (Å²) in [5, 5.41) is 6.48. The molecule has 1 N–H and O–H groups in total. The molecule has 1 aromatic carbocycles. The van der Waals surface area contributed by atoms with Crippen LogP contribution < -0.4 is 5.32 Å². The Morgan fingerprint density at radius 3 is 2.61 bits per heavy atom. The molecule has 0 saturated heterocycles. The van der Waals surface area contributed by atoms with Crippen molar-refractivity contribution in [2.24, 2.45) is 0 Å². The number of thioether (sulfide) groups is 1. The van der Waals surface area contributed by atoms with Crippen LogP contribution in [0.15, 0.2) is 22.7 Å². The molecule has 0 saturated carbocycles. The summed E-state index contributed by atoms with van der Waals surface area (Å²) in [6.45, 7) is 5.03. The minimum atomic E-state index is -0.503. The Morgan fingerprint density at radius 2 is 1.96 bits per heavy atom. The third kappa shape index (κ3) is 5.85. The van der Waals surface area contributed by atoms with E-state index < -0.39 is 24.5 Å². The fourth-order valence-electron chi connectivity index (χ4n) is 2.32. The highest BCUT2D eigenvalue weighted by Gasteiger charge is 2.13. The molecule has 0 fully saturated rings. The van der Waals surface area contributed by atoms with E-state index in [0.29, 0.717) is 17.0 Å². The molecular weight excluding hydrogens is 384 g/mol. The van der Waals surface area contributed by atoms with Crippen molar-refractivity contribution in [2.75, 3.05) is 24.8 Å². The van der Waals surface area contributed by atoms with Crippen LogP contribution in [0.4, 0.5) is 5.69 Å². The first kappa shape index (κ1) is 21.5. The number of amides is 1. The predicted molar refractivity (Wildman–Crippen MR) is 104 cm³/mol. The fraction of sp³-hybridized carbons (Fsp3) is 0.368. The zero-order valence-corrected chi connectivity index (χ0v) is 17.0. The Bertz CT molecular complexity index is 858. The van der Waals surface area contributed by atoms with Gasteiger partial charge in [-0.05, 0) is 38.5 Å². The number of carbonyl (C=O) groups is 3. The summed E-state index contributed by atoms with van der Waals surface area (Å²) >= 11 is 1.36. The highest BCUT2D eigenvalue weighted by Crippen LogP contribution is 2.20. The SMILES string of the molecule is COC(=O)c1ccc(C)c(NC(=O)COC(=O)CSCc2c(C)noc2C)c1. The number of ether oxygens (including phenoxy) is 2.